The normalized spacial score (nSPS) is 11.3. The van der Waals surface area contributed by atoms with Crippen LogP contribution in [0.25, 0.3) is 0 Å². The molecule has 1 heterocycles. The largest absolute Gasteiger partial charge is 0.487 e. The number of benzene rings is 2. The molecule has 29 heavy (non-hydrogen) atoms. The Labute approximate surface area is 171 Å². The Morgan fingerprint density at radius 1 is 0.966 bits per heavy atom. The lowest BCUT2D eigenvalue weighted by molar-refractivity contribution is -0.703. The quantitative estimate of drug-likeness (QED) is 0.475. The molecule has 0 aliphatic rings. The van der Waals surface area contributed by atoms with E-state index < -0.39 is 10.1 Å². The van der Waals surface area contributed by atoms with Crippen LogP contribution in [0.4, 0.5) is 5.69 Å². The number of ether oxygens (including phenoxy) is 1. The van der Waals surface area contributed by atoms with Gasteiger partial charge in [-0.05, 0) is 43.7 Å². The maximum absolute atomic E-state index is 12.4. The number of anilines is 1. The highest BCUT2D eigenvalue weighted by Gasteiger charge is 2.17. The summed E-state index contributed by atoms with van der Waals surface area (Å²) in [6, 6.07) is 15.1. The molecular weight excluding hydrogens is 388 g/mol. The van der Waals surface area contributed by atoms with Crippen LogP contribution in [0.15, 0.2) is 65.7 Å². The van der Waals surface area contributed by atoms with Crippen molar-refractivity contribution in [3.8, 4) is 11.5 Å². The third kappa shape index (κ3) is 5.26. The molecule has 0 fully saturated rings. The molecule has 0 spiro atoms. The van der Waals surface area contributed by atoms with E-state index in [0.29, 0.717) is 18.9 Å². The van der Waals surface area contributed by atoms with Gasteiger partial charge >= 0.3 is 10.1 Å². The molecule has 1 aromatic heterocycles. The highest BCUT2D eigenvalue weighted by Crippen LogP contribution is 2.25. The van der Waals surface area contributed by atoms with Crippen molar-refractivity contribution in [1.29, 1.82) is 0 Å². The fourth-order valence-electron chi connectivity index (χ4n) is 2.94. The van der Waals surface area contributed by atoms with Gasteiger partial charge in [0.2, 0.25) is 0 Å². The van der Waals surface area contributed by atoms with E-state index in [0.717, 1.165) is 22.5 Å². The van der Waals surface area contributed by atoms with Crippen LogP contribution >= 0.6 is 0 Å². The second kappa shape index (κ2) is 8.53. The minimum atomic E-state index is -3.90. The summed E-state index contributed by atoms with van der Waals surface area (Å²) in [6.45, 7) is 6.87. The average molecular weight is 414 g/mol. The Balaban J connectivity index is 1.70. The molecule has 7 heteroatoms. The highest BCUT2D eigenvalue weighted by molar-refractivity contribution is 7.87. The maximum atomic E-state index is 12.4. The monoisotopic (exact) mass is 413 g/mol. The molecule has 0 atom stereocenters. The van der Waals surface area contributed by atoms with Crippen LogP contribution < -0.4 is 19.2 Å². The van der Waals surface area contributed by atoms with Crippen molar-refractivity contribution in [2.75, 3.05) is 12.3 Å². The summed E-state index contributed by atoms with van der Waals surface area (Å²) < 4.78 is 38.1. The van der Waals surface area contributed by atoms with Crippen molar-refractivity contribution in [3.05, 3.63) is 77.6 Å². The number of pyridine rings is 1. The molecular formula is C22H25N2O4S+. The predicted octanol–water partition coefficient (Wildman–Crippen LogP) is 3.33. The van der Waals surface area contributed by atoms with E-state index in [1.54, 1.807) is 30.3 Å². The zero-order valence-electron chi connectivity index (χ0n) is 16.8. The molecule has 0 radical (unpaired) electrons. The Morgan fingerprint density at radius 3 is 2.38 bits per heavy atom. The van der Waals surface area contributed by atoms with Crippen LogP contribution in [0.3, 0.4) is 0 Å². The summed E-state index contributed by atoms with van der Waals surface area (Å²) >= 11 is 0. The summed E-state index contributed by atoms with van der Waals surface area (Å²) in [5.41, 5.74) is 9.58. The fourth-order valence-corrected chi connectivity index (χ4v) is 3.88. The van der Waals surface area contributed by atoms with Gasteiger partial charge in [0.05, 0.1) is 0 Å². The van der Waals surface area contributed by atoms with E-state index in [-0.39, 0.29) is 10.6 Å². The van der Waals surface area contributed by atoms with Gasteiger partial charge in [-0.15, -0.1) is 0 Å². The van der Waals surface area contributed by atoms with Crippen molar-refractivity contribution in [2.24, 2.45) is 0 Å². The summed E-state index contributed by atoms with van der Waals surface area (Å²) in [5.74, 6) is 0.768. The van der Waals surface area contributed by atoms with E-state index in [4.69, 9.17) is 14.7 Å². The van der Waals surface area contributed by atoms with E-state index in [1.807, 2.05) is 39.1 Å². The average Bonchev–Trinajstić information content (AvgIpc) is 2.66. The van der Waals surface area contributed by atoms with Gasteiger partial charge in [-0.2, -0.15) is 13.0 Å². The number of nitrogens with zero attached hydrogens (tertiary/aromatic N) is 1. The highest BCUT2D eigenvalue weighted by atomic mass is 32.2. The lowest BCUT2D eigenvalue weighted by Gasteiger charge is -2.11. The van der Waals surface area contributed by atoms with Crippen LogP contribution in [0, 0.1) is 20.8 Å². The zero-order chi connectivity index (χ0) is 21.0. The van der Waals surface area contributed by atoms with Gasteiger partial charge in [0.25, 0.3) is 0 Å². The molecule has 6 nitrogen and oxygen atoms in total. The molecule has 2 N–H and O–H groups in total. The van der Waals surface area contributed by atoms with Gasteiger partial charge in [-0.1, -0.05) is 18.2 Å². The maximum Gasteiger partial charge on any atom is 0.339 e. The number of aryl methyl sites for hydroxylation is 3. The van der Waals surface area contributed by atoms with Gasteiger partial charge in [0.1, 0.15) is 23.0 Å². The van der Waals surface area contributed by atoms with E-state index >= 15 is 0 Å². The minimum absolute atomic E-state index is 0.106. The molecule has 0 saturated heterocycles. The van der Waals surface area contributed by atoms with Gasteiger partial charge in [-0.3, -0.25) is 0 Å². The Morgan fingerprint density at radius 2 is 1.66 bits per heavy atom. The first-order valence-corrected chi connectivity index (χ1v) is 10.7. The molecule has 0 amide bonds. The fraction of sp³-hybridized carbons (Fsp3) is 0.227. The second-order valence-electron chi connectivity index (χ2n) is 6.93. The van der Waals surface area contributed by atoms with Crippen molar-refractivity contribution in [2.45, 2.75) is 32.2 Å². The summed E-state index contributed by atoms with van der Waals surface area (Å²) in [6.07, 6.45) is 1.99. The first-order chi connectivity index (χ1) is 13.7. The molecule has 3 aromatic rings. The van der Waals surface area contributed by atoms with E-state index in [2.05, 4.69) is 4.57 Å². The second-order valence-corrected chi connectivity index (χ2v) is 8.47. The third-order valence-corrected chi connectivity index (χ3v) is 5.75. The molecule has 2 aromatic carbocycles. The molecule has 0 aliphatic carbocycles. The standard InChI is InChI=1S/C22H24N2O4S/c1-16-11-19(27-10-9-24-15-17(2)22(23)13-18(24)3)14-20(12-16)28-29(25,26)21-7-5-4-6-8-21/h4-8,11-15,23H,9-10H2,1-3H3/p+1. The molecule has 0 bridgehead atoms. The minimum Gasteiger partial charge on any atom is -0.487 e. The number of nitrogens with two attached hydrogens (primary N) is 1. The lowest BCUT2D eigenvalue weighted by Crippen LogP contribution is -2.40. The Bertz CT molecular complexity index is 1110. The predicted molar refractivity (Wildman–Crippen MR) is 111 cm³/mol. The van der Waals surface area contributed by atoms with Gasteiger partial charge < -0.3 is 14.7 Å². The first kappa shape index (κ1) is 20.7. The van der Waals surface area contributed by atoms with Crippen LogP contribution in [-0.4, -0.2) is 15.0 Å². The van der Waals surface area contributed by atoms with Crippen molar-refractivity contribution in [3.63, 3.8) is 0 Å². The van der Waals surface area contributed by atoms with Crippen molar-refractivity contribution >= 4 is 15.8 Å². The zero-order valence-corrected chi connectivity index (χ0v) is 17.6. The van der Waals surface area contributed by atoms with Crippen LogP contribution in [0.5, 0.6) is 11.5 Å². The van der Waals surface area contributed by atoms with Crippen LogP contribution in [-0.2, 0) is 16.7 Å². The Hall–Kier alpha value is -3.06. The van der Waals surface area contributed by atoms with Gasteiger partial charge in [-0.25, -0.2) is 0 Å². The van der Waals surface area contributed by atoms with Crippen LogP contribution in [0.1, 0.15) is 16.8 Å². The molecule has 0 aliphatic heterocycles. The topological polar surface area (TPSA) is 82.5 Å². The summed E-state index contributed by atoms with van der Waals surface area (Å²) in [5, 5.41) is 0. The first-order valence-electron chi connectivity index (χ1n) is 9.25. The van der Waals surface area contributed by atoms with Gasteiger partial charge in [0, 0.05) is 30.3 Å². The van der Waals surface area contributed by atoms with Crippen LogP contribution in [0.2, 0.25) is 0 Å². The van der Waals surface area contributed by atoms with Crippen molar-refractivity contribution < 1.29 is 21.9 Å². The number of hydrogen-bond acceptors (Lipinski definition) is 5. The summed E-state index contributed by atoms with van der Waals surface area (Å²) in [7, 11) is -3.90. The smallest absolute Gasteiger partial charge is 0.339 e. The van der Waals surface area contributed by atoms with Crippen molar-refractivity contribution in [1.82, 2.24) is 0 Å². The number of aromatic nitrogens is 1. The van der Waals surface area contributed by atoms with E-state index in [9.17, 15) is 8.42 Å². The molecule has 152 valence electrons. The molecule has 0 unspecified atom stereocenters. The summed E-state index contributed by atoms with van der Waals surface area (Å²) in [4.78, 5) is 0.106. The van der Waals surface area contributed by atoms with E-state index in [1.165, 1.54) is 12.1 Å². The molecule has 0 saturated carbocycles. The third-order valence-electron chi connectivity index (χ3n) is 4.49. The number of nitrogen functional groups attached to an aromatic ring is 1. The Kier molecular flexibility index (Phi) is 6.08. The SMILES string of the molecule is Cc1cc(OCC[n+]2cc(C)c(N)cc2C)cc(OS(=O)(=O)c2ccccc2)c1. The number of hydrogen-bond donors (Lipinski definition) is 1. The number of rotatable bonds is 7. The van der Waals surface area contributed by atoms with Gasteiger partial charge in [0.15, 0.2) is 18.4 Å². The lowest BCUT2D eigenvalue weighted by atomic mass is 10.2. The molecule has 3 rings (SSSR count).